The number of aliphatic hydroxyl groups is 1. The number of aromatic amines is 1. The third-order valence-electron chi connectivity index (χ3n) is 6.61. The monoisotopic (exact) mass is 600 g/mol. The summed E-state index contributed by atoms with van der Waals surface area (Å²) < 4.78 is 48.4. The van der Waals surface area contributed by atoms with Gasteiger partial charge in [0.2, 0.25) is 0 Å². The molecular weight excluding hydrogens is 561 g/mol. The van der Waals surface area contributed by atoms with Gasteiger partial charge in [0.1, 0.15) is 5.82 Å². The fraction of sp³-hybridized carbons (Fsp3) is 0.375. The van der Waals surface area contributed by atoms with E-state index in [1.54, 1.807) is 20.8 Å². The molecule has 0 unspecified atom stereocenters. The number of hydrogen-bond donors (Lipinski definition) is 5. The molecule has 2 aliphatic heterocycles. The van der Waals surface area contributed by atoms with Gasteiger partial charge in [0.25, 0.3) is 11.8 Å². The molecule has 2 amide bonds. The van der Waals surface area contributed by atoms with E-state index >= 15 is 0 Å². The molecule has 43 heavy (non-hydrogen) atoms. The molecule has 11 heteroatoms. The summed E-state index contributed by atoms with van der Waals surface area (Å²) in [5.74, 6) is -3.79. The second kappa shape index (κ2) is 15.5. The highest BCUT2D eigenvalue weighted by Crippen LogP contribution is 2.43. The Morgan fingerprint density at radius 3 is 2.44 bits per heavy atom. The first-order valence-corrected chi connectivity index (χ1v) is 14.2. The second-order valence-corrected chi connectivity index (χ2v) is 10.2. The van der Waals surface area contributed by atoms with Crippen LogP contribution in [0.2, 0.25) is 0 Å². The van der Waals surface area contributed by atoms with Gasteiger partial charge in [-0.3, -0.25) is 9.59 Å². The molecule has 0 spiro atoms. The number of halogens is 3. The van der Waals surface area contributed by atoms with Crippen molar-refractivity contribution in [2.45, 2.75) is 46.6 Å². The average Bonchev–Trinajstić information content (AvgIpc) is 3.36. The Labute approximate surface area is 249 Å². The standard InChI is InChI=1S/C24H18F3N3O2.C5H13NO.C3H8O/c1-11-18(29-16-6-3-9-28-24(32)19(11)16)10-13-21-17(30-23(13)31)8-7-14(25)20(21)12-4-2-5-15(26)22(12)27;1-3-7-5-4-6-2;1-3(2)4/h2,4-5,7-8,10,29H,3,6,9H2,1H3,(H,28,32)(H,30,31);6H,3-5H2,1-2H3;3-4H,1-2H3/b13-10-;;. The normalized spacial score (nSPS) is 14.6. The fourth-order valence-corrected chi connectivity index (χ4v) is 4.70. The van der Waals surface area contributed by atoms with Crippen LogP contribution in [0.3, 0.4) is 0 Å². The zero-order valence-electron chi connectivity index (χ0n) is 25.1. The summed E-state index contributed by atoms with van der Waals surface area (Å²) in [7, 11) is 1.92. The van der Waals surface area contributed by atoms with E-state index in [1.165, 1.54) is 24.3 Å². The molecule has 0 aliphatic carbocycles. The van der Waals surface area contributed by atoms with E-state index in [-0.39, 0.29) is 34.3 Å². The highest BCUT2D eigenvalue weighted by molar-refractivity contribution is 6.36. The van der Waals surface area contributed by atoms with Crippen LogP contribution in [0.4, 0.5) is 18.9 Å². The van der Waals surface area contributed by atoms with Crippen molar-refractivity contribution in [1.82, 2.24) is 15.6 Å². The number of carbonyl (C=O) groups excluding carboxylic acids is 2. The summed E-state index contributed by atoms with van der Waals surface area (Å²) in [5.41, 5.74) is 2.54. The maximum atomic E-state index is 14.9. The molecule has 5 rings (SSSR count). The van der Waals surface area contributed by atoms with E-state index in [4.69, 9.17) is 9.84 Å². The fourth-order valence-electron chi connectivity index (χ4n) is 4.70. The van der Waals surface area contributed by atoms with Gasteiger partial charge in [-0.1, -0.05) is 12.1 Å². The van der Waals surface area contributed by atoms with Gasteiger partial charge >= 0.3 is 0 Å². The molecule has 2 aliphatic rings. The lowest BCUT2D eigenvalue weighted by molar-refractivity contribution is -0.110. The maximum Gasteiger partial charge on any atom is 0.256 e. The van der Waals surface area contributed by atoms with E-state index < -0.39 is 23.4 Å². The molecule has 3 aromatic rings. The number of ether oxygens (including phenoxy) is 1. The SMILES string of the molecule is CC(C)O.CCOCCNC.Cc1c(/C=C2\C(=O)Nc3ccc(F)c(-c4cccc(F)c4F)c32)[nH]c2c1C(=O)NCCC2. The summed E-state index contributed by atoms with van der Waals surface area (Å²) in [4.78, 5) is 28.4. The van der Waals surface area contributed by atoms with Gasteiger partial charge < -0.3 is 30.8 Å². The number of likely N-dealkylation sites (N-methyl/N-ethyl adjacent to an activating group) is 1. The number of hydrogen-bond acceptors (Lipinski definition) is 5. The average molecular weight is 601 g/mol. The van der Waals surface area contributed by atoms with Gasteiger partial charge in [0.05, 0.1) is 17.7 Å². The number of carbonyl (C=O) groups is 2. The minimum atomic E-state index is -1.20. The van der Waals surface area contributed by atoms with E-state index in [0.717, 1.165) is 44.0 Å². The molecule has 0 saturated heterocycles. The summed E-state index contributed by atoms with van der Waals surface area (Å²) in [5, 5.41) is 16.5. The highest BCUT2D eigenvalue weighted by atomic mass is 19.2. The van der Waals surface area contributed by atoms with Gasteiger partial charge in [-0.15, -0.1) is 0 Å². The minimum Gasteiger partial charge on any atom is -0.394 e. The molecule has 2 aromatic carbocycles. The van der Waals surface area contributed by atoms with Crippen molar-refractivity contribution in [2.75, 3.05) is 38.7 Å². The number of benzene rings is 2. The van der Waals surface area contributed by atoms with Crippen molar-refractivity contribution >= 4 is 29.2 Å². The number of nitrogens with one attached hydrogen (secondary N) is 4. The Morgan fingerprint density at radius 2 is 1.77 bits per heavy atom. The summed E-state index contributed by atoms with van der Waals surface area (Å²) in [6.07, 6.45) is 2.79. The molecule has 5 N–H and O–H groups in total. The van der Waals surface area contributed by atoms with Crippen molar-refractivity contribution in [3.63, 3.8) is 0 Å². The third-order valence-corrected chi connectivity index (χ3v) is 6.61. The summed E-state index contributed by atoms with van der Waals surface area (Å²) >= 11 is 0. The molecule has 232 valence electrons. The number of fused-ring (bicyclic) bond motifs is 2. The number of aliphatic hydroxyl groups excluding tert-OH is 1. The molecule has 8 nitrogen and oxygen atoms in total. The number of rotatable bonds is 6. The Balaban J connectivity index is 0.000000396. The largest absolute Gasteiger partial charge is 0.394 e. The Morgan fingerprint density at radius 1 is 1.05 bits per heavy atom. The van der Waals surface area contributed by atoms with Crippen LogP contribution in [-0.2, 0) is 16.0 Å². The van der Waals surface area contributed by atoms with Crippen LogP contribution < -0.4 is 16.0 Å². The van der Waals surface area contributed by atoms with Gasteiger partial charge in [-0.25, -0.2) is 13.2 Å². The molecule has 0 fully saturated rings. The van der Waals surface area contributed by atoms with Crippen LogP contribution in [0.1, 0.15) is 60.1 Å². The lowest BCUT2D eigenvalue weighted by Crippen LogP contribution is -2.22. The predicted molar refractivity (Wildman–Crippen MR) is 162 cm³/mol. The first kappa shape index (κ1) is 33.6. The predicted octanol–water partition coefficient (Wildman–Crippen LogP) is 5.21. The number of amides is 2. The van der Waals surface area contributed by atoms with E-state index in [1.807, 2.05) is 14.0 Å². The van der Waals surface area contributed by atoms with Gasteiger partial charge in [-0.05, 0) is 77.4 Å². The maximum absolute atomic E-state index is 14.9. The number of anilines is 1. The summed E-state index contributed by atoms with van der Waals surface area (Å²) in [6, 6.07) is 5.98. The Kier molecular flexibility index (Phi) is 12.1. The smallest absolute Gasteiger partial charge is 0.256 e. The van der Waals surface area contributed by atoms with Gasteiger partial charge in [-0.2, -0.15) is 0 Å². The van der Waals surface area contributed by atoms with Crippen molar-refractivity contribution in [2.24, 2.45) is 0 Å². The van der Waals surface area contributed by atoms with E-state index in [2.05, 4.69) is 20.9 Å². The summed E-state index contributed by atoms with van der Waals surface area (Å²) in [6.45, 7) is 10.4. The molecule has 0 atom stereocenters. The van der Waals surface area contributed by atoms with Gasteiger partial charge in [0, 0.05) is 59.6 Å². The first-order chi connectivity index (χ1) is 20.5. The molecule has 1 aromatic heterocycles. The van der Waals surface area contributed by atoms with Crippen LogP contribution in [-0.4, -0.2) is 61.4 Å². The Hall–Kier alpha value is -3.93. The first-order valence-electron chi connectivity index (χ1n) is 14.2. The molecule has 0 bridgehead atoms. The van der Waals surface area contributed by atoms with Crippen molar-refractivity contribution in [1.29, 1.82) is 0 Å². The van der Waals surface area contributed by atoms with Crippen LogP contribution in [0.5, 0.6) is 0 Å². The molecular formula is C32H39F3N4O4. The quantitative estimate of drug-likeness (QED) is 0.197. The minimum absolute atomic E-state index is 0.0954. The topological polar surface area (TPSA) is 115 Å². The van der Waals surface area contributed by atoms with Crippen molar-refractivity contribution < 1.29 is 32.6 Å². The van der Waals surface area contributed by atoms with E-state index in [0.29, 0.717) is 35.5 Å². The van der Waals surface area contributed by atoms with Crippen LogP contribution in [0, 0.1) is 24.4 Å². The molecule has 3 heterocycles. The highest BCUT2D eigenvalue weighted by Gasteiger charge is 2.32. The third kappa shape index (κ3) is 8.13. The van der Waals surface area contributed by atoms with E-state index in [9.17, 15) is 22.8 Å². The van der Waals surface area contributed by atoms with Crippen molar-refractivity contribution in [3.05, 3.63) is 75.9 Å². The van der Waals surface area contributed by atoms with Gasteiger partial charge in [0.15, 0.2) is 11.6 Å². The van der Waals surface area contributed by atoms with Crippen LogP contribution in [0.15, 0.2) is 30.3 Å². The zero-order chi connectivity index (χ0) is 31.7. The molecule has 0 saturated carbocycles. The number of H-pyrrole nitrogens is 1. The van der Waals surface area contributed by atoms with Crippen LogP contribution in [0.25, 0.3) is 22.8 Å². The number of aromatic nitrogens is 1. The number of aryl methyl sites for hydroxylation is 1. The van der Waals surface area contributed by atoms with Crippen LogP contribution >= 0.6 is 0 Å². The lowest BCUT2D eigenvalue weighted by Gasteiger charge is -2.11. The Bertz CT molecular complexity index is 1480. The lowest BCUT2D eigenvalue weighted by atomic mass is 9.93. The van der Waals surface area contributed by atoms with Crippen molar-refractivity contribution in [3.8, 4) is 11.1 Å². The zero-order valence-corrected chi connectivity index (χ0v) is 25.1. The molecule has 0 radical (unpaired) electrons. The second-order valence-electron chi connectivity index (χ2n) is 10.2.